The summed E-state index contributed by atoms with van der Waals surface area (Å²) >= 11 is 0. The lowest BCUT2D eigenvalue weighted by atomic mass is 10.2. The third kappa shape index (κ3) is 3.91. The molecule has 0 fully saturated rings. The lowest BCUT2D eigenvalue weighted by Gasteiger charge is -2.13. The molecule has 0 amide bonds. The zero-order chi connectivity index (χ0) is 9.68. The van der Waals surface area contributed by atoms with Gasteiger partial charge >= 0.3 is 0 Å². The van der Waals surface area contributed by atoms with Crippen molar-refractivity contribution < 1.29 is 0 Å². The Labute approximate surface area is 83.1 Å². The number of hydrogen-bond acceptors (Lipinski definition) is 0. The third-order valence-corrected chi connectivity index (χ3v) is 4.35. The van der Waals surface area contributed by atoms with Crippen LogP contribution in [0.3, 0.4) is 0 Å². The molecule has 1 aromatic carbocycles. The summed E-state index contributed by atoms with van der Waals surface area (Å²) in [6.07, 6.45) is 2.73. The Hall–Kier alpha value is -0.350. The normalized spacial score (nSPS) is 13.2. The highest BCUT2D eigenvalue weighted by Crippen LogP contribution is 2.31. The van der Waals surface area contributed by atoms with Crippen molar-refractivity contribution in [2.24, 2.45) is 5.92 Å². The standard InChI is InChI=1S/C12H19P/c1-11(2)9-10-13(3)12-7-5-4-6-8-12/h4-8,11H,9-10H2,1-3H3. The highest BCUT2D eigenvalue weighted by molar-refractivity contribution is 7.64. The lowest BCUT2D eigenvalue weighted by molar-refractivity contribution is 0.630. The summed E-state index contributed by atoms with van der Waals surface area (Å²) in [5, 5.41) is 1.54. The lowest BCUT2D eigenvalue weighted by Crippen LogP contribution is -2.03. The van der Waals surface area contributed by atoms with E-state index < -0.39 is 0 Å². The maximum absolute atomic E-state index is 2.38. The van der Waals surface area contributed by atoms with Gasteiger partial charge in [0, 0.05) is 0 Å². The van der Waals surface area contributed by atoms with Gasteiger partial charge in [0.15, 0.2) is 0 Å². The molecule has 1 heteroatoms. The number of rotatable bonds is 4. The molecule has 1 unspecified atom stereocenters. The molecule has 0 nitrogen and oxygen atoms in total. The molecule has 0 N–H and O–H groups in total. The third-order valence-electron chi connectivity index (χ3n) is 2.24. The van der Waals surface area contributed by atoms with Gasteiger partial charge in [0.2, 0.25) is 0 Å². The van der Waals surface area contributed by atoms with Gasteiger partial charge in [0.1, 0.15) is 0 Å². The van der Waals surface area contributed by atoms with Crippen LogP contribution in [0.25, 0.3) is 0 Å². The molecule has 0 heterocycles. The molecule has 0 aliphatic carbocycles. The van der Waals surface area contributed by atoms with Crippen molar-refractivity contribution in [2.75, 3.05) is 12.8 Å². The van der Waals surface area contributed by atoms with Crippen LogP contribution in [0, 0.1) is 5.92 Å². The van der Waals surface area contributed by atoms with Crippen LogP contribution in [0.1, 0.15) is 20.3 Å². The van der Waals surface area contributed by atoms with E-state index in [1.54, 1.807) is 0 Å². The first-order valence-corrected chi connectivity index (χ1v) is 6.93. The minimum Gasteiger partial charge on any atom is -0.0785 e. The van der Waals surface area contributed by atoms with E-state index in [-0.39, 0.29) is 7.92 Å². The van der Waals surface area contributed by atoms with E-state index in [0.29, 0.717) is 0 Å². The van der Waals surface area contributed by atoms with Crippen LogP contribution in [0.4, 0.5) is 0 Å². The maximum atomic E-state index is 2.38. The van der Waals surface area contributed by atoms with Crippen molar-refractivity contribution >= 4 is 13.2 Å². The van der Waals surface area contributed by atoms with Crippen molar-refractivity contribution in [3.05, 3.63) is 30.3 Å². The molecule has 1 rings (SSSR count). The Balaban J connectivity index is 2.44. The Bertz CT molecular complexity index is 228. The van der Waals surface area contributed by atoms with Crippen LogP contribution in [0.5, 0.6) is 0 Å². The smallest absolute Gasteiger partial charge is 0.0243 e. The van der Waals surface area contributed by atoms with Crippen LogP contribution in [0.2, 0.25) is 0 Å². The number of hydrogen-bond donors (Lipinski definition) is 0. The first-order chi connectivity index (χ1) is 6.20. The van der Waals surface area contributed by atoms with Crippen LogP contribution >= 0.6 is 7.92 Å². The van der Waals surface area contributed by atoms with E-state index in [1.807, 2.05) is 0 Å². The van der Waals surface area contributed by atoms with Crippen LogP contribution in [-0.2, 0) is 0 Å². The largest absolute Gasteiger partial charge is 0.0785 e. The van der Waals surface area contributed by atoms with Crippen molar-refractivity contribution in [1.29, 1.82) is 0 Å². The first-order valence-electron chi connectivity index (χ1n) is 4.96. The minimum atomic E-state index is 0.0918. The fourth-order valence-corrected chi connectivity index (χ4v) is 3.11. The zero-order valence-electron chi connectivity index (χ0n) is 8.83. The predicted molar refractivity (Wildman–Crippen MR) is 63.2 cm³/mol. The number of benzene rings is 1. The van der Waals surface area contributed by atoms with Gasteiger partial charge in [-0.05, 0) is 30.5 Å². The van der Waals surface area contributed by atoms with Crippen LogP contribution in [-0.4, -0.2) is 12.8 Å². The quantitative estimate of drug-likeness (QED) is 0.644. The molecule has 1 aromatic rings. The van der Waals surface area contributed by atoms with E-state index in [9.17, 15) is 0 Å². The van der Waals surface area contributed by atoms with Gasteiger partial charge in [-0.25, -0.2) is 0 Å². The molecular weight excluding hydrogens is 175 g/mol. The van der Waals surface area contributed by atoms with E-state index in [1.165, 1.54) is 17.9 Å². The fraction of sp³-hybridized carbons (Fsp3) is 0.500. The summed E-state index contributed by atoms with van der Waals surface area (Å²) in [4.78, 5) is 0. The second-order valence-electron chi connectivity index (χ2n) is 3.94. The van der Waals surface area contributed by atoms with E-state index in [2.05, 4.69) is 50.8 Å². The summed E-state index contributed by atoms with van der Waals surface area (Å²) < 4.78 is 0. The predicted octanol–water partition coefficient (Wildman–Crippen LogP) is 3.47. The molecule has 72 valence electrons. The molecule has 0 aliphatic heterocycles. The highest BCUT2D eigenvalue weighted by Gasteiger charge is 2.04. The van der Waals surface area contributed by atoms with Gasteiger partial charge in [0.05, 0.1) is 0 Å². The van der Waals surface area contributed by atoms with Gasteiger partial charge in [-0.15, -0.1) is 0 Å². The molecular formula is C12H19P. The van der Waals surface area contributed by atoms with E-state index in [0.717, 1.165) is 5.92 Å². The second-order valence-corrected chi connectivity index (χ2v) is 6.30. The van der Waals surface area contributed by atoms with Crippen LogP contribution in [0.15, 0.2) is 30.3 Å². The fourth-order valence-electron chi connectivity index (χ4n) is 1.26. The van der Waals surface area contributed by atoms with E-state index >= 15 is 0 Å². The molecule has 0 aliphatic rings. The monoisotopic (exact) mass is 194 g/mol. The summed E-state index contributed by atoms with van der Waals surface area (Å²) in [6.45, 7) is 6.98. The molecule has 0 aromatic heterocycles. The molecule has 0 saturated heterocycles. The van der Waals surface area contributed by atoms with Gasteiger partial charge in [-0.2, -0.15) is 0 Å². The van der Waals surface area contributed by atoms with Crippen molar-refractivity contribution in [2.45, 2.75) is 20.3 Å². The molecule has 13 heavy (non-hydrogen) atoms. The Morgan fingerprint density at radius 2 is 1.77 bits per heavy atom. The van der Waals surface area contributed by atoms with Gasteiger partial charge in [-0.1, -0.05) is 52.1 Å². The topological polar surface area (TPSA) is 0 Å². The average Bonchev–Trinajstić information content (AvgIpc) is 2.15. The van der Waals surface area contributed by atoms with Gasteiger partial charge in [-0.3, -0.25) is 0 Å². The summed E-state index contributed by atoms with van der Waals surface area (Å²) in [5.41, 5.74) is 0. The summed E-state index contributed by atoms with van der Waals surface area (Å²) in [6, 6.07) is 10.9. The highest BCUT2D eigenvalue weighted by atomic mass is 31.1. The summed E-state index contributed by atoms with van der Waals surface area (Å²) in [7, 11) is 0.0918. The Kier molecular flexibility index (Phi) is 4.45. The van der Waals surface area contributed by atoms with Gasteiger partial charge < -0.3 is 0 Å². The SMILES string of the molecule is CC(C)CCP(C)c1ccccc1. The molecule has 1 atom stereocenters. The van der Waals surface area contributed by atoms with Crippen molar-refractivity contribution in [1.82, 2.24) is 0 Å². The minimum absolute atomic E-state index is 0.0918. The Morgan fingerprint density at radius 3 is 2.31 bits per heavy atom. The molecule has 0 saturated carbocycles. The molecule has 0 spiro atoms. The van der Waals surface area contributed by atoms with E-state index in [4.69, 9.17) is 0 Å². The van der Waals surface area contributed by atoms with Crippen LogP contribution < -0.4 is 5.30 Å². The average molecular weight is 194 g/mol. The summed E-state index contributed by atoms with van der Waals surface area (Å²) in [5.74, 6) is 0.841. The zero-order valence-corrected chi connectivity index (χ0v) is 9.72. The molecule has 0 bridgehead atoms. The second kappa shape index (κ2) is 5.40. The first kappa shape index (κ1) is 10.7. The van der Waals surface area contributed by atoms with Crippen molar-refractivity contribution in [3.63, 3.8) is 0 Å². The maximum Gasteiger partial charge on any atom is -0.0243 e. The Morgan fingerprint density at radius 1 is 1.15 bits per heavy atom. The van der Waals surface area contributed by atoms with Gasteiger partial charge in [0.25, 0.3) is 0 Å². The molecule has 0 radical (unpaired) electrons. The van der Waals surface area contributed by atoms with Crippen molar-refractivity contribution in [3.8, 4) is 0 Å².